The molecule has 1 unspecified atom stereocenters. The zero-order valence-electron chi connectivity index (χ0n) is 20.7. The van der Waals surface area contributed by atoms with Gasteiger partial charge in [0.15, 0.2) is 0 Å². The Kier molecular flexibility index (Phi) is 8.22. The number of carbonyl (C=O) groups excluding carboxylic acids is 3. The molecule has 2 aliphatic rings. The van der Waals surface area contributed by atoms with Crippen LogP contribution in [0.2, 0.25) is 0 Å². The number of aryl methyl sites for hydroxylation is 1. The van der Waals surface area contributed by atoms with Gasteiger partial charge in [-0.05, 0) is 30.9 Å². The number of ether oxygens (including phenoxy) is 1. The fourth-order valence-electron chi connectivity index (χ4n) is 4.53. The van der Waals surface area contributed by atoms with E-state index in [0.29, 0.717) is 44.0 Å². The van der Waals surface area contributed by atoms with Gasteiger partial charge < -0.3 is 15.0 Å². The summed E-state index contributed by atoms with van der Waals surface area (Å²) in [5, 5.41) is 4.89. The second kappa shape index (κ2) is 11.5. The van der Waals surface area contributed by atoms with Crippen LogP contribution in [0.4, 0.5) is 4.79 Å². The van der Waals surface area contributed by atoms with Crippen LogP contribution >= 0.6 is 11.3 Å². The Morgan fingerprint density at radius 2 is 1.89 bits per heavy atom. The monoisotopic (exact) mass is 508 g/mol. The molecule has 2 aliphatic heterocycles. The summed E-state index contributed by atoms with van der Waals surface area (Å²) in [4.78, 5) is 45.5. The summed E-state index contributed by atoms with van der Waals surface area (Å²) in [6.07, 6.45) is 1.65. The van der Waals surface area contributed by atoms with E-state index in [4.69, 9.17) is 4.74 Å². The molecule has 36 heavy (non-hydrogen) atoms. The molecule has 9 heteroatoms. The molecular weight excluding hydrogens is 476 g/mol. The van der Waals surface area contributed by atoms with Crippen molar-refractivity contribution in [1.29, 1.82) is 0 Å². The molecular formula is C27H32N4O4S. The Bertz CT molecular complexity index is 1140. The summed E-state index contributed by atoms with van der Waals surface area (Å²) in [6, 6.07) is 10.6. The molecule has 3 amide bonds. The molecule has 1 fully saturated rings. The van der Waals surface area contributed by atoms with Gasteiger partial charge in [0, 0.05) is 45.0 Å². The number of carbonyl (C=O) groups is 3. The van der Waals surface area contributed by atoms with Gasteiger partial charge in [0.25, 0.3) is 5.91 Å². The smallest absolute Gasteiger partial charge is 0.338 e. The molecule has 0 bridgehead atoms. The average molecular weight is 509 g/mol. The van der Waals surface area contributed by atoms with E-state index in [2.05, 4.69) is 16.8 Å². The average Bonchev–Trinajstić information content (AvgIpc) is 3.42. The molecule has 0 spiro atoms. The predicted molar refractivity (Wildman–Crippen MR) is 140 cm³/mol. The fourth-order valence-corrected chi connectivity index (χ4v) is 5.22. The van der Waals surface area contributed by atoms with Crippen molar-refractivity contribution < 1.29 is 19.1 Å². The van der Waals surface area contributed by atoms with E-state index in [1.807, 2.05) is 53.6 Å². The molecule has 0 radical (unpaired) electrons. The van der Waals surface area contributed by atoms with E-state index in [1.165, 1.54) is 11.3 Å². The molecule has 0 saturated carbocycles. The molecule has 4 rings (SSSR count). The minimum atomic E-state index is -0.616. The lowest BCUT2D eigenvalue weighted by molar-refractivity contribution is -0.139. The first-order valence-corrected chi connectivity index (χ1v) is 13.0. The van der Waals surface area contributed by atoms with Crippen LogP contribution in [0.25, 0.3) is 0 Å². The number of benzene rings is 1. The summed E-state index contributed by atoms with van der Waals surface area (Å²) < 4.78 is 5.46. The number of amides is 3. The van der Waals surface area contributed by atoms with Crippen molar-refractivity contribution in [3.05, 3.63) is 81.7 Å². The molecule has 1 N–H and O–H groups in total. The van der Waals surface area contributed by atoms with Gasteiger partial charge in [-0.25, -0.2) is 9.59 Å². The lowest BCUT2D eigenvalue weighted by Crippen LogP contribution is -2.53. The van der Waals surface area contributed by atoms with Gasteiger partial charge in [-0.1, -0.05) is 42.0 Å². The highest BCUT2D eigenvalue weighted by atomic mass is 32.1. The summed E-state index contributed by atoms with van der Waals surface area (Å²) >= 11 is 1.44. The van der Waals surface area contributed by atoms with Crippen molar-refractivity contribution in [2.45, 2.75) is 19.9 Å². The number of thiophene rings is 1. The standard InChI is InChI=1S/C27H32N4O4S/c1-4-12-31-21(18-29-13-15-30(16-14-29)25(32)22-7-6-17-36-22)23(26(33)35-5-2)24(28-27(31)34)20-10-8-19(3)9-11-20/h4,6-11,17,24H,1,5,12-16,18H2,2-3H3,(H,28,34). The van der Waals surface area contributed by atoms with Gasteiger partial charge in [-0.3, -0.25) is 14.6 Å². The van der Waals surface area contributed by atoms with E-state index < -0.39 is 12.0 Å². The highest BCUT2D eigenvalue weighted by Gasteiger charge is 2.38. The summed E-state index contributed by atoms with van der Waals surface area (Å²) in [7, 11) is 0. The Morgan fingerprint density at radius 3 is 2.50 bits per heavy atom. The maximum Gasteiger partial charge on any atom is 0.338 e. The van der Waals surface area contributed by atoms with Gasteiger partial charge in [0.2, 0.25) is 0 Å². The van der Waals surface area contributed by atoms with E-state index in [9.17, 15) is 14.4 Å². The lowest BCUT2D eigenvalue weighted by Gasteiger charge is -2.40. The topological polar surface area (TPSA) is 82.2 Å². The summed E-state index contributed by atoms with van der Waals surface area (Å²) in [5.41, 5.74) is 2.95. The first kappa shape index (κ1) is 25.7. The van der Waals surface area contributed by atoms with Gasteiger partial charge >= 0.3 is 12.0 Å². The number of esters is 1. The summed E-state index contributed by atoms with van der Waals surface area (Å²) in [5.74, 6) is -0.403. The molecule has 3 heterocycles. The van der Waals surface area contributed by atoms with Crippen LogP contribution in [0.3, 0.4) is 0 Å². The number of hydrogen-bond acceptors (Lipinski definition) is 6. The third-order valence-corrected chi connectivity index (χ3v) is 7.28. The SMILES string of the molecule is C=CCN1C(=O)NC(c2ccc(C)cc2)C(C(=O)OCC)=C1CN1CCN(C(=O)c2cccs2)CC1. The first-order chi connectivity index (χ1) is 17.4. The van der Waals surface area contributed by atoms with Crippen molar-refractivity contribution in [3.8, 4) is 0 Å². The van der Waals surface area contributed by atoms with Crippen LogP contribution in [0.5, 0.6) is 0 Å². The van der Waals surface area contributed by atoms with Crippen molar-refractivity contribution in [1.82, 2.24) is 20.0 Å². The highest BCUT2D eigenvalue weighted by molar-refractivity contribution is 7.12. The van der Waals surface area contributed by atoms with Crippen LogP contribution in [-0.4, -0.2) is 78.5 Å². The highest BCUT2D eigenvalue weighted by Crippen LogP contribution is 2.32. The van der Waals surface area contributed by atoms with Crippen molar-refractivity contribution in [2.24, 2.45) is 0 Å². The molecule has 1 atom stereocenters. The maximum absolute atomic E-state index is 13.3. The Balaban J connectivity index is 1.63. The normalized spacial score (nSPS) is 18.7. The molecule has 8 nitrogen and oxygen atoms in total. The molecule has 1 aromatic carbocycles. The number of nitrogens with zero attached hydrogens (tertiary/aromatic N) is 3. The maximum atomic E-state index is 13.3. The van der Waals surface area contributed by atoms with Gasteiger partial charge in [0.1, 0.15) is 0 Å². The Hall–Kier alpha value is -3.43. The number of rotatable bonds is 8. The number of nitrogens with one attached hydrogen (secondary N) is 1. The molecule has 2 aromatic rings. The number of piperazine rings is 1. The Labute approximate surface area is 215 Å². The molecule has 0 aliphatic carbocycles. The zero-order chi connectivity index (χ0) is 25.7. The van der Waals surface area contributed by atoms with Crippen LogP contribution in [0.1, 0.15) is 33.8 Å². The quantitative estimate of drug-likeness (QED) is 0.435. The van der Waals surface area contributed by atoms with Crippen LogP contribution in [-0.2, 0) is 9.53 Å². The van der Waals surface area contributed by atoms with Crippen LogP contribution in [0.15, 0.2) is 65.7 Å². The first-order valence-electron chi connectivity index (χ1n) is 12.1. The van der Waals surface area contributed by atoms with E-state index in [0.717, 1.165) is 16.0 Å². The van der Waals surface area contributed by atoms with E-state index in [-0.39, 0.29) is 25.1 Å². The van der Waals surface area contributed by atoms with Gasteiger partial charge in [-0.15, -0.1) is 17.9 Å². The third-order valence-electron chi connectivity index (χ3n) is 6.42. The molecule has 190 valence electrons. The second-order valence-corrected chi connectivity index (χ2v) is 9.77. The fraction of sp³-hybridized carbons (Fsp3) is 0.370. The van der Waals surface area contributed by atoms with Crippen LogP contribution < -0.4 is 5.32 Å². The van der Waals surface area contributed by atoms with Crippen molar-refractivity contribution in [3.63, 3.8) is 0 Å². The minimum Gasteiger partial charge on any atom is -0.463 e. The third kappa shape index (κ3) is 5.52. The number of hydrogen-bond donors (Lipinski definition) is 1. The van der Waals surface area contributed by atoms with E-state index in [1.54, 1.807) is 17.9 Å². The zero-order valence-corrected chi connectivity index (χ0v) is 21.6. The lowest BCUT2D eigenvalue weighted by atomic mass is 9.93. The number of urea groups is 1. The van der Waals surface area contributed by atoms with Gasteiger partial charge in [0.05, 0.1) is 23.1 Å². The summed E-state index contributed by atoms with van der Waals surface area (Å²) in [6.45, 7) is 10.9. The molecule has 1 saturated heterocycles. The molecule has 1 aromatic heterocycles. The second-order valence-electron chi connectivity index (χ2n) is 8.82. The Morgan fingerprint density at radius 1 is 1.17 bits per heavy atom. The van der Waals surface area contributed by atoms with Crippen molar-refractivity contribution >= 4 is 29.2 Å². The van der Waals surface area contributed by atoms with E-state index >= 15 is 0 Å². The predicted octanol–water partition coefficient (Wildman–Crippen LogP) is 3.58. The van der Waals surface area contributed by atoms with Gasteiger partial charge in [-0.2, -0.15) is 0 Å². The minimum absolute atomic E-state index is 0.0424. The largest absolute Gasteiger partial charge is 0.463 e. The van der Waals surface area contributed by atoms with Crippen LogP contribution in [0, 0.1) is 6.92 Å². The van der Waals surface area contributed by atoms with Crippen molar-refractivity contribution in [2.75, 3.05) is 45.9 Å².